The van der Waals surface area contributed by atoms with Crippen LogP contribution in [-0.2, 0) is 13.5 Å². The Kier molecular flexibility index (Phi) is 3.07. The van der Waals surface area contributed by atoms with E-state index in [1.54, 1.807) is 0 Å². The second-order valence-electron chi connectivity index (χ2n) is 4.53. The quantitative estimate of drug-likeness (QED) is 0.878. The third kappa shape index (κ3) is 1.85. The van der Waals surface area contributed by atoms with E-state index in [4.69, 9.17) is 5.73 Å². The average Bonchev–Trinajstić information content (AvgIpc) is 2.57. The van der Waals surface area contributed by atoms with Crippen LogP contribution in [0.4, 0.5) is 5.82 Å². The van der Waals surface area contributed by atoms with Crippen molar-refractivity contribution in [3.8, 4) is 11.4 Å². The maximum Gasteiger partial charge on any atom is 0.165 e. The lowest BCUT2D eigenvalue weighted by atomic mass is 10.1. The first kappa shape index (κ1) is 12.5. The number of nitrogens with two attached hydrogens (primary N) is 1. The minimum Gasteiger partial charge on any atom is -0.383 e. The highest BCUT2D eigenvalue weighted by Gasteiger charge is 2.16. The lowest BCUT2D eigenvalue weighted by Gasteiger charge is -2.08. The van der Waals surface area contributed by atoms with Crippen LogP contribution < -0.4 is 5.73 Å². The number of nitrogen functional groups attached to an aromatic ring is 1. The standard InChI is InChI=1S/C13H19N5/c1-6-10-7(2)12(14)16-13(15-10)11-8(3)17-18(5)9(11)4/h6H2,1-5H3,(H2,14,15,16). The van der Waals surface area contributed by atoms with Crippen molar-refractivity contribution in [2.45, 2.75) is 34.1 Å². The molecule has 0 aliphatic heterocycles. The Morgan fingerprint density at radius 1 is 1.17 bits per heavy atom. The first-order valence-electron chi connectivity index (χ1n) is 6.09. The molecule has 2 aromatic rings. The van der Waals surface area contributed by atoms with Crippen molar-refractivity contribution in [3.63, 3.8) is 0 Å². The van der Waals surface area contributed by atoms with Crippen LogP contribution in [0.1, 0.15) is 29.6 Å². The molecule has 0 aliphatic rings. The zero-order chi connectivity index (χ0) is 13.4. The topological polar surface area (TPSA) is 69.6 Å². The monoisotopic (exact) mass is 245 g/mol. The fourth-order valence-corrected chi connectivity index (χ4v) is 2.14. The molecule has 0 saturated heterocycles. The zero-order valence-electron chi connectivity index (χ0n) is 11.6. The SMILES string of the molecule is CCc1nc(-c2c(C)nn(C)c2C)nc(N)c1C. The molecule has 2 N–H and O–H groups in total. The number of aryl methyl sites for hydroxylation is 3. The van der Waals surface area contributed by atoms with Gasteiger partial charge in [0.2, 0.25) is 0 Å². The molecule has 2 aromatic heterocycles. The fourth-order valence-electron chi connectivity index (χ4n) is 2.14. The van der Waals surface area contributed by atoms with Crippen LogP contribution in [0.5, 0.6) is 0 Å². The van der Waals surface area contributed by atoms with Gasteiger partial charge in [0.05, 0.1) is 11.3 Å². The van der Waals surface area contributed by atoms with Crippen molar-refractivity contribution in [3.05, 3.63) is 22.6 Å². The highest BCUT2D eigenvalue weighted by molar-refractivity contribution is 5.63. The van der Waals surface area contributed by atoms with Gasteiger partial charge in [-0.25, -0.2) is 9.97 Å². The molecular formula is C13H19N5. The molecule has 96 valence electrons. The summed E-state index contributed by atoms with van der Waals surface area (Å²) in [6, 6.07) is 0. The Hall–Kier alpha value is -1.91. The van der Waals surface area contributed by atoms with E-state index in [1.165, 1.54) is 0 Å². The van der Waals surface area contributed by atoms with E-state index in [0.717, 1.165) is 34.6 Å². The average molecular weight is 245 g/mol. The second kappa shape index (κ2) is 4.40. The van der Waals surface area contributed by atoms with E-state index in [1.807, 2.05) is 32.5 Å². The molecular weight excluding hydrogens is 226 g/mol. The predicted octanol–water partition coefficient (Wildman–Crippen LogP) is 1.95. The summed E-state index contributed by atoms with van der Waals surface area (Å²) < 4.78 is 1.84. The van der Waals surface area contributed by atoms with E-state index in [0.29, 0.717) is 11.6 Å². The first-order valence-corrected chi connectivity index (χ1v) is 6.09. The fraction of sp³-hybridized carbons (Fsp3) is 0.462. The van der Waals surface area contributed by atoms with E-state index in [-0.39, 0.29) is 0 Å². The third-order valence-corrected chi connectivity index (χ3v) is 3.35. The van der Waals surface area contributed by atoms with Crippen LogP contribution in [0.15, 0.2) is 0 Å². The van der Waals surface area contributed by atoms with Gasteiger partial charge in [0, 0.05) is 24.0 Å². The van der Waals surface area contributed by atoms with Crippen molar-refractivity contribution in [2.24, 2.45) is 7.05 Å². The van der Waals surface area contributed by atoms with Crippen LogP contribution >= 0.6 is 0 Å². The molecule has 18 heavy (non-hydrogen) atoms. The molecule has 0 spiro atoms. The smallest absolute Gasteiger partial charge is 0.165 e. The maximum atomic E-state index is 5.96. The molecule has 5 heteroatoms. The van der Waals surface area contributed by atoms with Crippen molar-refractivity contribution in [2.75, 3.05) is 5.73 Å². The highest BCUT2D eigenvalue weighted by Crippen LogP contribution is 2.25. The van der Waals surface area contributed by atoms with Crippen molar-refractivity contribution < 1.29 is 0 Å². The van der Waals surface area contributed by atoms with Gasteiger partial charge in [-0.2, -0.15) is 5.10 Å². The number of anilines is 1. The highest BCUT2D eigenvalue weighted by atomic mass is 15.3. The van der Waals surface area contributed by atoms with E-state index >= 15 is 0 Å². The van der Waals surface area contributed by atoms with Gasteiger partial charge in [-0.15, -0.1) is 0 Å². The summed E-state index contributed by atoms with van der Waals surface area (Å²) in [7, 11) is 1.92. The first-order chi connectivity index (χ1) is 8.45. The number of hydrogen-bond donors (Lipinski definition) is 1. The molecule has 2 heterocycles. The Labute approximate surface area is 107 Å². The number of nitrogens with zero attached hydrogens (tertiary/aromatic N) is 4. The minimum absolute atomic E-state index is 0.555. The Morgan fingerprint density at radius 2 is 1.83 bits per heavy atom. The summed E-state index contributed by atoms with van der Waals surface area (Å²) in [4.78, 5) is 9.01. The van der Waals surface area contributed by atoms with Crippen molar-refractivity contribution >= 4 is 5.82 Å². The van der Waals surface area contributed by atoms with Crippen molar-refractivity contribution in [1.29, 1.82) is 0 Å². The molecule has 0 aromatic carbocycles. The molecule has 0 fully saturated rings. The second-order valence-corrected chi connectivity index (χ2v) is 4.53. The molecule has 0 atom stereocenters. The van der Waals surface area contributed by atoms with Gasteiger partial charge >= 0.3 is 0 Å². The van der Waals surface area contributed by atoms with Crippen LogP contribution in [0.2, 0.25) is 0 Å². The van der Waals surface area contributed by atoms with Crippen LogP contribution in [0.3, 0.4) is 0 Å². The van der Waals surface area contributed by atoms with E-state index in [2.05, 4.69) is 22.0 Å². The van der Waals surface area contributed by atoms with Crippen molar-refractivity contribution in [1.82, 2.24) is 19.7 Å². The van der Waals surface area contributed by atoms with Gasteiger partial charge in [-0.05, 0) is 27.2 Å². The van der Waals surface area contributed by atoms with Gasteiger partial charge in [0.15, 0.2) is 5.82 Å². The van der Waals surface area contributed by atoms with Crippen LogP contribution in [-0.4, -0.2) is 19.7 Å². The number of aromatic nitrogens is 4. The summed E-state index contributed by atoms with van der Waals surface area (Å²) in [5.41, 5.74) is 10.9. The van der Waals surface area contributed by atoms with Gasteiger partial charge in [-0.1, -0.05) is 6.92 Å². The lowest BCUT2D eigenvalue weighted by Crippen LogP contribution is -2.05. The van der Waals surface area contributed by atoms with E-state index in [9.17, 15) is 0 Å². The normalized spacial score (nSPS) is 10.9. The molecule has 0 saturated carbocycles. The summed E-state index contributed by atoms with van der Waals surface area (Å²) >= 11 is 0. The number of hydrogen-bond acceptors (Lipinski definition) is 4. The van der Waals surface area contributed by atoms with E-state index < -0.39 is 0 Å². The molecule has 0 amide bonds. The van der Waals surface area contributed by atoms with Gasteiger partial charge in [0.25, 0.3) is 0 Å². The van der Waals surface area contributed by atoms with Gasteiger partial charge < -0.3 is 5.73 Å². The summed E-state index contributed by atoms with van der Waals surface area (Å²) in [6.07, 6.45) is 0.851. The number of rotatable bonds is 2. The predicted molar refractivity (Wildman–Crippen MR) is 72.2 cm³/mol. The minimum atomic E-state index is 0.555. The zero-order valence-corrected chi connectivity index (χ0v) is 11.6. The van der Waals surface area contributed by atoms with Crippen LogP contribution in [0.25, 0.3) is 11.4 Å². The largest absolute Gasteiger partial charge is 0.383 e. The lowest BCUT2D eigenvalue weighted by molar-refractivity contribution is 0.731. The summed E-state index contributed by atoms with van der Waals surface area (Å²) in [5.74, 6) is 1.23. The maximum absolute atomic E-state index is 5.96. The van der Waals surface area contributed by atoms with Gasteiger partial charge in [0.1, 0.15) is 5.82 Å². The molecule has 0 radical (unpaired) electrons. The molecule has 0 unspecified atom stereocenters. The molecule has 5 nitrogen and oxygen atoms in total. The summed E-state index contributed by atoms with van der Waals surface area (Å²) in [5, 5.41) is 4.39. The molecule has 2 rings (SSSR count). The third-order valence-electron chi connectivity index (χ3n) is 3.35. The Morgan fingerprint density at radius 3 is 2.33 bits per heavy atom. The van der Waals surface area contributed by atoms with Gasteiger partial charge in [-0.3, -0.25) is 4.68 Å². The Bertz CT molecular complexity index is 598. The van der Waals surface area contributed by atoms with Crippen LogP contribution in [0, 0.1) is 20.8 Å². The Balaban J connectivity index is 2.68. The summed E-state index contributed by atoms with van der Waals surface area (Å²) in [6.45, 7) is 8.01. The molecule has 0 aliphatic carbocycles. The molecule has 0 bridgehead atoms.